The van der Waals surface area contributed by atoms with Gasteiger partial charge in [-0.05, 0) is 83.6 Å². The van der Waals surface area contributed by atoms with Crippen molar-refractivity contribution >= 4 is 37.5 Å². The van der Waals surface area contributed by atoms with E-state index < -0.39 is 15.8 Å². The zero-order valence-electron chi connectivity index (χ0n) is 15.2. The van der Waals surface area contributed by atoms with Gasteiger partial charge in [0.1, 0.15) is 5.82 Å². The first kappa shape index (κ1) is 19.5. The van der Waals surface area contributed by atoms with E-state index in [0.717, 1.165) is 24.8 Å². The van der Waals surface area contributed by atoms with Crippen molar-refractivity contribution in [1.82, 2.24) is 4.31 Å². The summed E-state index contributed by atoms with van der Waals surface area (Å²) in [6.07, 6.45) is 3.19. The van der Waals surface area contributed by atoms with Crippen molar-refractivity contribution in [3.8, 4) is 0 Å². The van der Waals surface area contributed by atoms with E-state index in [1.54, 1.807) is 23.1 Å². The number of carbonyl (C=O) groups is 1. The number of aryl methyl sites for hydroxylation is 1. The number of sulfonamides is 1. The number of halogens is 2. The molecule has 2 aliphatic rings. The van der Waals surface area contributed by atoms with E-state index in [1.165, 1.54) is 22.5 Å². The quantitative estimate of drug-likeness (QED) is 0.687. The van der Waals surface area contributed by atoms with Crippen molar-refractivity contribution in [3.63, 3.8) is 0 Å². The zero-order valence-corrected chi connectivity index (χ0v) is 17.6. The van der Waals surface area contributed by atoms with E-state index in [2.05, 4.69) is 15.9 Å². The maximum Gasteiger partial charge on any atom is 0.259 e. The molecule has 28 heavy (non-hydrogen) atoms. The number of nitrogens with zero attached hydrogens (tertiary/aromatic N) is 2. The smallest absolute Gasteiger partial charge is 0.259 e. The summed E-state index contributed by atoms with van der Waals surface area (Å²) in [4.78, 5) is 14.9. The Kier molecular flexibility index (Phi) is 5.28. The van der Waals surface area contributed by atoms with Crippen molar-refractivity contribution in [2.45, 2.75) is 30.6 Å². The summed E-state index contributed by atoms with van der Waals surface area (Å²) in [7, 11) is -3.50. The summed E-state index contributed by atoms with van der Waals surface area (Å²) < 4.78 is 41.4. The summed E-state index contributed by atoms with van der Waals surface area (Å²) in [6.45, 7) is 1.61. The van der Waals surface area contributed by atoms with Gasteiger partial charge in [-0.25, -0.2) is 12.8 Å². The van der Waals surface area contributed by atoms with Crippen LogP contribution in [-0.2, 0) is 16.4 Å². The number of benzene rings is 2. The summed E-state index contributed by atoms with van der Waals surface area (Å²) >= 11 is 3.31. The van der Waals surface area contributed by atoms with Gasteiger partial charge in [-0.1, -0.05) is 0 Å². The Labute approximate surface area is 172 Å². The molecule has 2 heterocycles. The fourth-order valence-electron chi connectivity index (χ4n) is 3.83. The Morgan fingerprint density at radius 3 is 2.50 bits per heavy atom. The maximum atomic E-state index is 13.6. The van der Waals surface area contributed by atoms with E-state index in [0.29, 0.717) is 36.2 Å². The van der Waals surface area contributed by atoms with Gasteiger partial charge >= 0.3 is 0 Å². The lowest BCUT2D eigenvalue weighted by molar-refractivity contribution is 0.0984. The summed E-state index contributed by atoms with van der Waals surface area (Å²) in [6, 6.07) is 8.97. The Morgan fingerprint density at radius 1 is 1.00 bits per heavy atom. The molecule has 0 bridgehead atoms. The van der Waals surface area contributed by atoms with Gasteiger partial charge in [-0.15, -0.1) is 0 Å². The molecule has 0 spiro atoms. The van der Waals surface area contributed by atoms with Gasteiger partial charge in [0.15, 0.2) is 0 Å². The third-order valence-corrected chi connectivity index (χ3v) is 7.86. The molecule has 0 aliphatic carbocycles. The van der Waals surface area contributed by atoms with Gasteiger partial charge in [-0.3, -0.25) is 4.79 Å². The van der Waals surface area contributed by atoms with E-state index in [-0.39, 0.29) is 16.4 Å². The molecule has 0 aromatic heterocycles. The van der Waals surface area contributed by atoms with Gasteiger partial charge in [0.25, 0.3) is 5.91 Å². The molecule has 1 saturated heterocycles. The largest absolute Gasteiger partial charge is 0.308 e. The number of carbonyl (C=O) groups excluding carboxylic acids is 1. The molecule has 0 saturated carbocycles. The van der Waals surface area contributed by atoms with Crippen LogP contribution in [0.4, 0.5) is 10.1 Å². The second-order valence-corrected chi connectivity index (χ2v) is 9.88. The van der Waals surface area contributed by atoms with Gasteiger partial charge in [0, 0.05) is 29.8 Å². The molecule has 0 radical (unpaired) electrons. The first-order valence-corrected chi connectivity index (χ1v) is 11.5. The minimum Gasteiger partial charge on any atom is -0.308 e. The highest BCUT2D eigenvalue weighted by Crippen LogP contribution is 2.33. The van der Waals surface area contributed by atoms with Gasteiger partial charge < -0.3 is 4.90 Å². The number of hydrogen-bond donors (Lipinski definition) is 0. The van der Waals surface area contributed by atoms with Crippen LogP contribution in [0.3, 0.4) is 0 Å². The highest BCUT2D eigenvalue weighted by atomic mass is 79.9. The van der Waals surface area contributed by atoms with Gasteiger partial charge in [0.05, 0.1) is 10.5 Å². The Balaban J connectivity index is 1.69. The molecule has 0 atom stereocenters. The van der Waals surface area contributed by atoms with Crippen LogP contribution in [0.1, 0.15) is 35.2 Å². The first-order chi connectivity index (χ1) is 13.4. The average molecular weight is 467 g/mol. The molecule has 148 valence electrons. The van der Waals surface area contributed by atoms with Crippen molar-refractivity contribution in [2.75, 3.05) is 24.5 Å². The molecular formula is C20H20BrFN2O3S. The Bertz CT molecular complexity index is 1040. The van der Waals surface area contributed by atoms with Crippen molar-refractivity contribution in [1.29, 1.82) is 0 Å². The number of amides is 1. The van der Waals surface area contributed by atoms with Gasteiger partial charge in [0.2, 0.25) is 10.0 Å². The molecule has 0 N–H and O–H groups in total. The monoisotopic (exact) mass is 466 g/mol. The van der Waals surface area contributed by atoms with Crippen LogP contribution in [0.25, 0.3) is 0 Å². The molecule has 2 aliphatic heterocycles. The molecule has 2 aromatic carbocycles. The molecule has 0 unspecified atom stereocenters. The SMILES string of the molecule is O=C(c1cc(F)ccc1Br)N1CCCc2cc(S(=O)(=O)N3CCCC3)ccc21. The van der Waals surface area contributed by atoms with Crippen LogP contribution in [0.2, 0.25) is 0 Å². The van der Waals surface area contributed by atoms with E-state index in [1.807, 2.05) is 0 Å². The molecular weight excluding hydrogens is 447 g/mol. The normalized spacial score (nSPS) is 17.6. The Hall–Kier alpha value is -1.77. The standard InChI is InChI=1S/C20H20BrFN2O3S/c21-18-7-5-15(22)13-17(18)20(25)24-11-3-4-14-12-16(6-8-19(14)24)28(26,27)23-9-1-2-10-23/h5-8,12-13H,1-4,9-11H2. The summed E-state index contributed by atoms with van der Waals surface area (Å²) in [5, 5.41) is 0. The summed E-state index contributed by atoms with van der Waals surface area (Å²) in [5.41, 5.74) is 1.77. The highest BCUT2D eigenvalue weighted by molar-refractivity contribution is 9.10. The van der Waals surface area contributed by atoms with Gasteiger partial charge in [-0.2, -0.15) is 4.31 Å². The van der Waals surface area contributed by atoms with Crippen LogP contribution in [-0.4, -0.2) is 38.3 Å². The first-order valence-electron chi connectivity index (χ1n) is 9.28. The predicted octanol–water partition coefficient (Wildman–Crippen LogP) is 3.97. The van der Waals surface area contributed by atoms with Crippen LogP contribution >= 0.6 is 15.9 Å². The minimum atomic E-state index is -3.50. The van der Waals surface area contributed by atoms with Crippen LogP contribution < -0.4 is 4.90 Å². The fraction of sp³-hybridized carbons (Fsp3) is 0.350. The third kappa shape index (κ3) is 3.49. The van der Waals surface area contributed by atoms with Crippen molar-refractivity contribution in [2.24, 2.45) is 0 Å². The van der Waals surface area contributed by atoms with E-state index >= 15 is 0 Å². The predicted molar refractivity (Wildman–Crippen MR) is 109 cm³/mol. The second-order valence-electron chi connectivity index (χ2n) is 7.09. The maximum absolute atomic E-state index is 13.6. The van der Waals surface area contributed by atoms with E-state index in [9.17, 15) is 17.6 Å². The molecule has 4 rings (SSSR count). The topological polar surface area (TPSA) is 57.7 Å². The molecule has 2 aromatic rings. The number of rotatable bonds is 3. The highest BCUT2D eigenvalue weighted by Gasteiger charge is 2.30. The molecule has 1 fully saturated rings. The summed E-state index contributed by atoms with van der Waals surface area (Å²) in [5.74, 6) is -0.779. The average Bonchev–Trinajstić information content (AvgIpc) is 3.24. The minimum absolute atomic E-state index is 0.251. The van der Waals surface area contributed by atoms with Crippen molar-refractivity contribution in [3.05, 3.63) is 57.8 Å². The molecule has 8 heteroatoms. The lowest BCUT2D eigenvalue weighted by Gasteiger charge is -2.30. The molecule has 1 amide bonds. The number of fused-ring (bicyclic) bond motifs is 1. The lowest BCUT2D eigenvalue weighted by atomic mass is 10.0. The van der Waals surface area contributed by atoms with Crippen LogP contribution in [0.5, 0.6) is 0 Å². The lowest BCUT2D eigenvalue weighted by Crippen LogP contribution is -2.36. The van der Waals surface area contributed by atoms with Crippen LogP contribution in [0, 0.1) is 5.82 Å². The Morgan fingerprint density at radius 2 is 1.75 bits per heavy atom. The second kappa shape index (κ2) is 7.57. The number of anilines is 1. The molecule has 5 nitrogen and oxygen atoms in total. The van der Waals surface area contributed by atoms with Crippen molar-refractivity contribution < 1.29 is 17.6 Å². The third-order valence-electron chi connectivity index (χ3n) is 5.28. The van der Waals surface area contributed by atoms with Crippen LogP contribution in [0.15, 0.2) is 45.8 Å². The van der Waals surface area contributed by atoms with E-state index in [4.69, 9.17) is 0 Å². The zero-order chi connectivity index (χ0) is 19.9. The number of hydrogen-bond acceptors (Lipinski definition) is 3. The fourth-order valence-corrected chi connectivity index (χ4v) is 5.81.